The summed E-state index contributed by atoms with van der Waals surface area (Å²) in [6, 6.07) is 17.3. The number of anilines is 1. The molecule has 27 heavy (non-hydrogen) atoms. The van der Waals surface area contributed by atoms with E-state index in [1.165, 1.54) is 11.3 Å². The number of methoxy groups -OCH3 is 2. The summed E-state index contributed by atoms with van der Waals surface area (Å²) in [5.41, 5.74) is 9.82. The van der Waals surface area contributed by atoms with E-state index in [-0.39, 0.29) is 0 Å². The maximum absolute atomic E-state index is 6.18. The van der Waals surface area contributed by atoms with Crippen molar-refractivity contribution in [2.45, 2.75) is 0 Å². The molecule has 0 unspecified atom stereocenters. The molecular formula is C20H18N4O2S. The highest BCUT2D eigenvalue weighted by Gasteiger charge is 2.13. The van der Waals surface area contributed by atoms with Crippen LogP contribution >= 0.6 is 11.3 Å². The first-order chi connectivity index (χ1) is 13.2. The molecule has 0 aliphatic heterocycles. The lowest BCUT2D eigenvalue weighted by Crippen LogP contribution is -2.01. The van der Waals surface area contributed by atoms with Gasteiger partial charge in [0.05, 0.1) is 25.6 Å². The van der Waals surface area contributed by atoms with Crippen LogP contribution < -0.4 is 15.2 Å². The van der Waals surface area contributed by atoms with Gasteiger partial charge in [0.25, 0.3) is 0 Å². The molecule has 0 bridgehead atoms. The normalized spacial score (nSPS) is 10.7. The molecule has 4 rings (SSSR count). The predicted molar refractivity (Wildman–Crippen MR) is 108 cm³/mol. The summed E-state index contributed by atoms with van der Waals surface area (Å²) in [4.78, 5) is 4.68. The van der Waals surface area contributed by atoms with Crippen LogP contribution in [0.15, 0.2) is 60.0 Å². The molecule has 0 aliphatic carbocycles. The summed E-state index contributed by atoms with van der Waals surface area (Å²) >= 11 is 1.49. The Kier molecular flexibility index (Phi) is 4.52. The van der Waals surface area contributed by atoms with Crippen LogP contribution in [-0.4, -0.2) is 29.0 Å². The number of thiazole rings is 1. The molecule has 0 saturated heterocycles. The van der Waals surface area contributed by atoms with E-state index in [1.54, 1.807) is 18.9 Å². The molecule has 0 spiro atoms. The lowest BCUT2D eigenvalue weighted by Gasteiger charge is -2.01. The van der Waals surface area contributed by atoms with Crippen LogP contribution in [0.2, 0.25) is 0 Å². The average Bonchev–Trinajstić information content (AvgIpc) is 3.35. The number of nitrogen functional groups attached to an aromatic ring is 1. The third kappa shape index (κ3) is 3.37. The second-order valence-electron chi connectivity index (χ2n) is 5.84. The van der Waals surface area contributed by atoms with Crippen molar-refractivity contribution in [3.05, 3.63) is 60.0 Å². The van der Waals surface area contributed by atoms with E-state index in [2.05, 4.69) is 10.1 Å². The van der Waals surface area contributed by atoms with Gasteiger partial charge in [-0.1, -0.05) is 0 Å². The number of benzene rings is 2. The van der Waals surface area contributed by atoms with E-state index < -0.39 is 0 Å². The molecule has 2 aromatic heterocycles. The Hall–Kier alpha value is -3.32. The summed E-state index contributed by atoms with van der Waals surface area (Å²) in [5, 5.41) is 7.33. The maximum atomic E-state index is 6.18. The average molecular weight is 378 g/mol. The number of nitrogens with zero attached hydrogens (tertiary/aromatic N) is 3. The van der Waals surface area contributed by atoms with Gasteiger partial charge < -0.3 is 15.2 Å². The monoisotopic (exact) mass is 378 g/mol. The third-order valence-corrected chi connectivity index (χ3v) is 5.00. The molecule has 0 amide bonds. The van der Waals surface area contributed by atoms with Crippen LogP contribution in [0.25, 0.3) is 27.6 Å². The Morgan fingerprint density at radius 3 is 1.96 bits per heavy atom. The van der Waals surface area contributed by atoms with Crippen LogP contribution in [0, 0.1) is 0 Å². The third-order valence-electron chi connectivity index (χ3n) is 4.18. The van der Waals surface area contributed by atoms with Crippen LogP contribution in [0.1, 0.15) is 0 Å². The second kappa shape index (κ2) is 7.13. The van der Waals surface area contributed by atoms with Crippen molar-refractivity contribution in [1.82, 2.24) is 14.8 Å². The largest absolute Gasteiger partial charge is 0.497 e. The summed E-state index contributed by atoms with van der Waals surface area (Å²) in [5.74, 6) is 2.15. The van der Waals surface area contributed by atoms with E-state index in [9.17, 15) is 0 Å². The molecule has 0 saturated carbocycles. The van der Waals surface area contributed by atoms with Gasteiger partial charge in [0.1, 0.15) is 17.3 Å². The minimum absolute atomic E-state index is 0.538. The molecular weight excluding hydrogens is 360 g/mol. The van der Waals surface area contributed by atoms with Gasteiger partial charge in [-0.25, -0.2) is 4.98 Å². The Morgan fingerprint density at radius 1 is 0.852 bits per heavy atom. The lowest BCUT2D eigenvalue weighted by atomic mass is 10.1. The highest BCUT2D eigenvalue weighted by atomic mass is 32.1. The molecule has 4 aromatic rings. The quantitative estimate of drug-likeness (QED) is 0.561. The fraction of sp³-hybridized carbons (Fsp3) is 0.100. The van der Waals surface area contributed by atoms with Crippen molar-refractivity contribution in [2.24, 2.45) is 0 Å². The van der Waals surface area contributed by atoms with E-state index >= 15 is 0 Å². The first-order valence-electron chi connectivity index (χ1n) is 8.28. The zero-order chi connectivity index (χ0) is 18.8. The number of hydrogen-bond donors (Lipinski definition) is 1. The minimum Gasteiger partial charge on any atom is -0.497 e. The SMILES string of the molecule is COc1ccc(-c2csc(-n3nc(-c4ccc(OC)cc4)cc3N)n2)cc1. The summed E-state index contributed by atoms with van der Waals surface area (Å²) in [6.07, 6.45) is 0. The Labute approximate surface area is 160 Å². The standard InChI is InChI=1S/C20H18N4O2S/c1-25-15-7-3-13(4-8-15)17-11-19(21)24(23-17)20-22-18(12-27-20)14-5-9-16(26-2)10-6-14/h3-12H,21H2,1-2H3. The van der Waals surface area contributed by atoms with E-state index in [4.69, 9.17) is 15.2 Å². The Bertz CT molecular complexity index is 1050. The summed E-state index contributed by atoms with van der Waals surface area (Å²) < 4.78 is 12.1. The molecule has 0 aliphatic rings. The van der Waals surface area contributed by atoms with Crippen LogP contribution in [0.3, 0.4) is 0 Å². The van der Waals surface area contributed by atoms with Gasteiger partial charge >= 0.3 is 0 Å². The number of rotatable bonds is 5. The van der Waals surface area contributed by atoms with E-state index in [1.807, 2.05) is 60.0 Å². The molecule has 2 aromatic carbocycles. The van der Waals surface area contributed by atoms with Gasteiger partial charge in [0, 0.05) is 22.6 Å². The molecule has 0 fully saturated rings. The lowest BCUT2D eigenvalue weighted by molar-refractivity contribution is 0.415. The van der Waals surface area contributed by atoms with E-state index in [0.29, 0.717) is 5.82 Å². The van der Waals surface area contributed by atoms with Gasteiger partial charge in [-0.2, -0.15) is 9.78 Å². The van der Waals surface area contributed by atoms with Gasteiger partial charge in [0.2, 0.25) is 5.13 Å². The van der Waals surface area contributed by atoms with Crippen LogP contribution in [-0.2, 0) is 0 Å². The first kappa shape index (κ1) is 17.1. The molecule has 0 radical (unpaired) electrons. The fourth-order valence-electron chi connectivity index (χ4n) is 2.71. The highest BCUT2D eigenvalue weighted by molar-refractivity contribution is 7.12. The molecule has 136 valence electrons. The summed E-state index contributed by atoms with van der Waals surface area (Å²) in [7, 11) is 3.29. The summed E-state index contributed by atoms with van der Waals surface area (Å²) in [6.45, 7) is 0. The van der Waals surface area contributed by atoms with Crippen LogP contribution in [0.5, 0.6) is 11.5 Å². The molecule has 2 heterocycles. The van der Waals surface area contributed by atoms with Crippen molar-refractivity contribution in [2.75, 3.05) is 20.0 Å². The zero-order valence-electron chi connectivity index (χ0n) is 14.9. The first-order valence-corrected chi connectivity index (χ1v) is 9.16. The smallest absolute Gasteiger partial charge is 0.212 e. The van der Waals surface area contributed by atoms with Gasteiger partial charge in [-0.05, 0) is 48.5 Å². The van der Waals surface area contributed by atoms with Gasteiger partial charge in [0.15, 0.2) is 0 Å². The van der Waals surface area contributed by atoms with Crippen molar-refractivity contribution in [3.8, 4) is 39.1 Å². The van der Waals surface area contributed by atoms with Crippen molar-refractivity contribution < 1.29 is 9.47 Å². The molecule has 7 heteroatoms. The number of hydrogen-bond acceptors (Lipinski definition) is 6. The van der Waals surface area contributed by atoms with Crippen molar-refractivity contribution in [3.63, 3.8) is 0 Å². The Balaban J connectivity index is 1.63. The van der Waals surface area contributed by atoms with Gasteiger partial charge in [-0.3, -0.25) is 0 Å². The number of aromatic nitrogens is 3. The van der Waals surface area contributed by atoms with E-state index in [0.717, 1.165) is 39.1 Å². The zero-order valence-corrected chi connectivity index (χ0v) is 15.7. The molecule has 0 atom stereocenters. The number of nitrogens with two attached hydrogens (primary N) is 1. The van der Waals surface area contributed by atoms with Crippen LogP contribution in [0.4, 0.5) is 5.82 Å². The highest BCUT2D eigenvalue weighted by Crippen LogP contribution is 2.29. The second-order valence-corrected chi connectivity index (χ2v) is 6.68. The maximum Gasteiger partial charge on any atom is 0.212 e. The van der Waals surface area contributed by atoms with Crippen molar-refractivity contribution >= 4 is 17.2 Å². The fourth-order valence-corrected chi connectivity index (χ4v) is 3.51. The van der Waals surface area contributed by atoms with Crippen molar-refractivity contribution in [1.29, 1.82) is 0 Å². The minimum atomic E-state index is 0.538. The molecule has 6 nitrogen and oxygen atoms in total. The number of ether oxygens (including phenoxy) is 2. The Morgan fingerprint density at radius 2 is 1.41 bits per heavy atom. The topological polar surface area (TPSA) is 75.2 Å². The molecule has 2 N–H and O–H groups in total. The van der Waals surface area contributed by atoms with Gasteiger partial charge in [-0.15, -0.1) is 11.3 Å². The predicted octanol–water partition coefficient (Wildman–Crippen LogP) is 4.26.